The van der Waals surface area contributed by atoms with Gasteiger partial charge in [0.15, 0.2) is 0 Å². The second-order valence-corrected chi connectivity index (χ2v) is 23.5. The van der Waals surface area contributed by atoms with Crippen molar-refractivity contribution in [3.63, 3.8) is 0 Å². The van der Waals surface area contributed by atoms with Crippen LogP contribution in [0.2, 0.25) is 0 Å². The highest BCUT2D eigenvalue weighted by atomic mass is 33.1. The third kappa shape index (κ3) is 13.9. The summed E-state index contributed by atoms with van der Waals surface area (Å²) in [5.74, 6) is -1.36. The molecule has 5 atom stereocenters. The number of carboxylic acid groups (broad SMARTS) is 1. The second-order valence-electron chi connectivity index (χ2n) is 16.1. The van der Waals surface area contributed by atoms with Gasteiger partial charge in [-0.3, -0.25) is 18.9 Å². The fraction of sp³-hybridized carbons (Fsp3) is 0.390. The molecule has 3 aliphatic rings. The summed E-state index contributed by atoms with van der Waals surface area (Å²) < 4.78 is 66.4. The van der Waals surface area contributed by atoms with Gasteiger partial charge in [0.05, 0.1) is 23.6 Å². The quantitative estimate of drug-likeness (QED) is 0.0126. The van der Waals surface area contributed by atoms with Gasteiger partial charge in [0.25, 0.3) is 5.91 Å². The number of aromatic carboxylic acids is 1. The Morgan fingerprint density at radius 3 is 2.41 bits per heavy atom. The van der Waals surface area contributed by atoms with Crippen molar-refractivity contribution >= 4 is 79.4 Å². The lowest BCUT2D eigenvalue weighted by Gasteiger charge is -2.25. The zero-order chi connectivity index (χ0) is 50.6. The minimum atomic E-state index is -5.80. The first-order chi connectivity index (χ1) is 32.3. The van der Waals surface area contributed by atoms with Crippen LogP contribution in [-0.4, -0.2) is 95.2 Å². The molecule has 9 N–H and O–H groups in total. The molecule has 1 saturated heterocycles. The minimum absolute atomic E-state index is 0.0312. The van der Waals surface area contributed by atoms with Gasteiger partial charge >= 0.3 is 35.1 Å². The molecule has 1 fully saturated rings. The van der Waals surface area contributed by atoms with Crippen LogP contribution >= 0.6 is 45.1 Å². The third-order valence-corrected chi connectivity index (χ3v) is 17.1. The number of nitrogens with two attached hydrogens (primary N) is 1. The minimum Gasteiger partial charge on any atom is -0.478 e. The van der Waals surface area contributed by atoms with E-state index in [4.69, 9.17) is 33.9 Å². The molecule has 3 aromatic rings. The molecule has 2 aromatic carbocycles. The molecule has 0 spiro atoms. The van der Waals surface area contributed by atoms with Crippen LogP contribution in [-0.2, 0) is 36.3 Å². The number of nitrogens with zero attached hydrogens (tertiary/aromatic N) is 3. The molecule has 3 heterocycles. The molecular formula is C41H51N6O17P3S2. The van der Waals surface area contributed by atoms with Gasteiger partial charge in [0, 0.05) is 76.9 Å². The van der Waals surface area contributed by atoms with Crippen molar-refractivity contribution in [2.75, 3.05) is 43.2 Å². The molecule has 69 heavy (non-hydrogen) atoms. The maximum Gasteiger partial charge on any atom is 0.490 e. The van der Waals surface area contributed by atoms with E-state index in [2.05, 4.69) is 29.2 Å². The number of amides is 1. The zero-order valence-electron chi connectivity index (χ0n) is 37.9. The van der Waals surface area contributed by atoms with Crippen molar-refractivity contribution in [2.45, 2.75) is 71.1 Å². The first-order valence-electron chi connectivity index (χ1n) is 20.9. The number of hydrogen-bond acceptors (Lipinski definition) is 18. The van der Waals surface area contributed by atoms with E-state index < -0.39 is 70.8 Å². The highest BCUT2D eigenvalue weighted by molar-refractivity contribution is 8.77. The predicted octanol–water partition coefficient (Wildman–Crippen LogP) is 6.57. The van der Waals surface area contributed by atoms with E-state index in [-0.39, 0.29) is 35.8 Å². The summed E-state index contributed by atoms with van der Waals surface area (Å²) in [5, 5.41) is 18.3. The first kappa shape index (κ1) is 53.9. The van der Waals surface area contributed by atoms with E-state index in [0.717, 1.165) is 26.7 Å². The van der Waals surface area contributed by atoms with E-state index in [1.54, 1.807) is 12.1 Å². The van der Waals surface area contributed by atoms with Crippen LogP contribution in [0.15, 0.2) is 68.9 Å². The largest absolute Gasteiger partial charge is 0.490 e. The number of benzene rings is 3. The summed E-state index contributed by atoms with van der Waals surface area (Å²) in [6.07, 6.45) is -1.95. The number of fused-ring (bicyclic) bond motifs is 2. The van der Waals surface area contributed by atoms with Gasteiger partial charge in [0.1, 0.15) is 35.4 Å². The van der Waals surface area contributed by atoms with Crippen LogP contribution in [0.3, 0.4) is 0 Å². The van der Waals surface area contributed by atoms with Crippen molar-refractivity contribution in [3.8, 4) is 22.5 Å². The van der Waals surface area contributed by atoms with E-state index in [9.17, 15) is 43.0 Å². The number of rotatable bonds is 21. The fourth-order valence-corrected chi connectivity index (χ4v) is 12.5. The van der Waals surface area contributed by atoms with Crippen molar-refractivity contribution in [2.24, 2.45) is 4.99 Å². The van der Waals surface area contributed by atoms with Crippen LogP contribution in [0, 0.1) is 13.8 Å². The molecule has 28 heteroatoms. The number of phosphoric acid groups is 3. The SMILES string of the molecule is CCN=c1cc2oc3cc(NCC)c(C)cc3c(-c3ccc(C(=O)NCC(C)(C)SSCO[C@@H]4C[C@H](n5ccc(N)nc5=O)OC4COP(=O)(O)OP(=O)(O)OP(=O)(O)O)cc3C(=O)O)c-2cc1C. The molecule has 0 bridgehead atoms. The standard InChI is InChI=1S/C41H51N6O17P3S2/c1-7-43-29-16-31-27(13-22(29)3)37(28-14-23(4)30(44-8-2)17-32(28)61-31)25-10-9-24(15-26(25)39(49)50)38(48)45-20-41(5,6)69-68-21-59-33-18-36(47-12-11-35(42)46-40(47)51)62-34(33)19-60-66(55,56)64-67(57,58)63-65(52,53)54/h9-17,33-34,36,43H,7-8,18-21H2,1-6H3,(H,45,48)(H,49,50)(H,55,56)(H,57,58)(H2,42,46,51)(H2,52,53,54)/t33-,34?,36-/m1/s1. The molecule has 1 aliphatic carbocycles. The lowest BCUT2D eigenvalue weighted by atomic mass is 9.88. The fourth-order valence-electron chi connectivity index (χ4n) is 7.32. The lowest BCUT2D eigenvalue weighted by Crippen LogP contribution is -2.36. The van der Waals surface area contributed by atoms with E-state index in [1.807, 2.05) is 65.8 Å². The maximum absolute atomic E-state index is 13.7. The topological polar surface area (TPSA) is 343 Å². The van der Waals surface area contributed by atoms with Crippen molar-refractivity contribution in [3.05, 3.63) is 92.8 Å². The number of carbonyl (C=O) groups excluding carboxylic acids is 1. The number of carboxylic acids is 1. The lowest BCUT2D eigenvalue weighted by molar-refractivity contribution is -0.0543. The van der Waals surface area contributed by atoms with Crippen LogP contribution in [0.4, 0.5) is 11.5 Å². The van der Waals surface area contributed by atoms with Gasteiger partial charge < -0.3 is 54.9 Å². The Morgan fingerprint density at radius 2 is 1.74 bits per heavy atom. The van der Waals surface area contributed by atoms with Crippen LogP contribution < -0.4 is 27.4 Å². The molecular weight excluding hydrogens is 1010 g/mol. The highest BCUT2D eigenvalue weighted by Crippen LogP contribution is 2.66. The van der Waals surface area contributed by atoms with Gasteiger partial charge in [-0.25, -0.2) is 23.3 Å². The highest BCUT2D eigenvalue weighted by Gasteiger charge is 2.44. The summed E-state index contributed by atoms with van der Waals surface area (Å²) in [6.45, 7) is 12.0. The number of anilines is 2. The molecule has 1 aromatic heterocycles. The summed E-state index contributed by atoms with van der Waals surface area (Å²) in [4.78, 5) is 84.8. The third-order valence-electron chi connectivity index (χ3n) is 10.3. The van der Waals surface area contributed by atoms with Crippen LogP contribution in [0.1, 0.15) is 72.2 Å². The number of aryl methyl sites for hydroxylation is 2. The van der Waals surface area contributed by atoms with Gasteiger partial charge in [0.2, 0.25) is 0 Å². The van der Waals surface area contributed by atoms with Gasteiger partial charge in [-0.05, 0) is 88.6 Å². The zero-order valence-corrected chi connectivity index (χ0v) is 42.2. The molecule has 3 unspecified atom stereocenters. The average molecular weight is 1060 g/mol. The monoisotopic (exact) mass is 1060 g/mol. The van der Waals surface area contributed by atoms with E-state index in [1.165, 1.54) is 39.9 Å². The van der Waals surface area contributed by atoms with Crippen molar-refractivity contribution < 1.29 is 75.0 Å². The number of carbonyl (C=O) groups is 2. The Kier molecular flexibility index (Phi) is 17.1. The summed E-state index contributed by atoms with van der Waals surface area (Å²) in [6, 6.07) is 13.5. The number of phosphoric ester groups is 1. The first-order valence-corrected chi connectivity index (χ1v) is 27.8. The number of nitrogens with one attached hydrogen (secondary N) is 2. The average Bonchev–Trinajstić information content (AvgIpc) is 3.65. The molecule has 23 nitrogen and oxygen atoms in total. The Morgan fingerprint density at radius 1 is 1.00 bits per heavy atom. The Balaban J connectivity index is 1.14. The summed E-state index contributed by atoms with van der Waals surface area (Å²) >= 11 is 0. The summed E-state index contributed by atoms with van der Waals surface area (Å²) in [5.41, 5.74) is 9.75. The van der Waals surface area contributed by atoms with Crippen molar-refractivity contribution in [1.82, 2.24) is 14.9 Å². The molecule has 0 saturated carbocycles. The molecule has 6 rings (SSSR count). The van der Waals surface area contributed by atoms with Gasteiger partial charge in [-0.15, -0.1) is 0 Å². The second kappa shape index (κ2) is 21.9. The van der Waals surface area contributed by atoms with E-state index in [0.29, 0.717) is 46.5 Å². The molecule has 1 amide bonds. The summed E-state index contributed by atoms with van der Waals surface area (Å²) in [7, 11) is -14.4. The maximum atomic E-state index is 13.7. The normalized spacial score (nSPS) is 18.6. The number of hydrogen-bond donors (Lipinski definition) is 8. The molecule has 374 valence electrons. The molecule has 0 radical (unpaired) electrons. The van der Waals surface area contributed by atoms with Gasteiger partial charge in [-0.1, -0.05) is 27.7 Å². The van der Waals surface area contributed by atoms with Crippen LogP contribution in [0.25, 0.3) is 33.4 Å². The van der Waals surface area contributed by atoms with E-state index >= 15 is 0 Å². The number of nitrogen functional groups attached to an aromatic ring is 1. The van der Waals surface area contributed by atoms with Gasteiger partial charge in [-0.2, -0.15) is 13.6 Å². The Hall–Kier alpha value is -4.42. The van der Waals surface area contributed by atoms with Crippen molar-refractivity contribution in [1.29, 1.82) is 0 Å². The number of aromatic nitrogens is 2. The van der Waals surface area contributed by atoms with Crippen LogP contribution in [0.5, 0.6) is 0 Å². The smallest absolute Gasteiger partial charge is 0.478 e. The Bertz CT molecular complexity index is 3000. The predicted molar refractivity (Wildman–Crippen MR) is 258 cm³/mol. The number of ether oxygens (including phenoxy) is 2. The molecule has 2 aliphatic heterocycles. The Labute approximate surface area is 402 Å².